The number of unbranched alkanes of at least 4 members (excludes halogenated alkanes) is 3. The van der Waals surface area contributed by atoms with Gasteiger partial charge in [-0.2, -0.15) is 8.42 Å². The van der Waals surface area contributed by atoms with Crippen molar-refractivity contribution in [3.8, 4) is 0 Å². The summed E-state index contributed by atoms with van der Waals surface area (Å²) in [6, 6.07) is 0. The van der Waals surface area contributed by atoms with Crippen LogP contribution in [-0.4, -0.2) is 75.3 Å². The minimum absolute atomic E-state index is 0. The normalized spacial score (nSPS) is 11.1. The third-order valence-electron chi connectivity index (χ3n) is 4.38. The Balaban J connectivity index is 0. The number of hydrogen-bond acceptors (Lipinski definition) is 8. The second-order valence-electron chi connectivity index (χ2n) is 7.58. The number of rotatable bonds is 16. The van der Waals surface area contributed by atoms with Crippen LogP contribution >= 0.6 is 0 Å². The van der Waals surface area contributed by atoms with E-state index in [-0.39, 0.29) is 49.5 Å². The molecule has 0 amide bonds. The number of hydrogen-bond donors (Lipinski definition) is 1. The second-order valence-corrected chi connectivity index (χ2v) is 9.15. The van der Waals surface area contributed by atoms with Crippen LogP contribution in [0.1, 0.15) is 59.3 Å². The topological polar surface area (TPSA) is 133 Å². The molecule has 9 nitrogen and oxygen atoms in total. The van der Waals surface area contributed by atoms with Crippen molar-refractivity contribution in [1.29, 1.82) is 0 Å². The predicted molar refractivity (Wildman–Crippen MR) is 122 cm³/mol. The van der Waals surface area contributed by atoms with E-state index in [1.54, 1.807) is 0 Å². The van der Waals surface area contributed by atoms with E-state index in [0.29, 0.717) is 6.42 Å². The Kier molecular flexibility index (Phi) is 16.4. The quantitative estimate of drug-likeness (QED) is 0.0901. The first-order valence-corrected chi connectivity index (χ1v) is 11.7. The molecule has 0 rings (SSSR count). The number of esters is 3. The monoisotopic (exact) mass is 470 g/mol. The van der Waals surface area contributed by atoms with E-state index in [2.05, 4.69) is 13.2 Å². The van der Waals surface area contributed by atoms with Gasteiger partial charge in [0.2, 0.25) is 0 Å². The van der Waals surface area contributed by atoms with Crippen LogP contribution in [0.2, 0.25) is 0 Å². The molecule has 0 aromatic heterocycles. The second kappa shape index (κ2) is 16.1. The Hall–Kier alpha value is -1.60. The molecule has 180 valence electrons. The summed E-state index contributed by atoms with van der Waals surface area (Å²) in [7, 11) is -4.19. The summed E-state index contributed by atoms with van der Waals surface area (Å²) >= 11 is 0. The van der Waals surface area contributed by atoms with E-state index in [1.165, 1.54) is 13.8 Å². The van der Waals surface area contributed by atoms with Crippen molar-refractivity contribution in [3.05, 3.63) is 24.3 Å². The van der Waals surface area contributed by atoms with Crippen LogP contribution in [0.4, 0.5) is 0 Å². The summed E-state index contributed by atoms with van der Waals surface area (Å²) in [6.07, 6.45) is 3.38. The third kappa shape index (κ3) is 13.7. The summed E-state index contributed by atoms with van der Waals surface area (Å²) in [4.78, 5) is 36.8. The van der Waals surface area contributed by atoms with E-state index < -0.39 is 52.4 Å². The number of ether oxygens (including phenoxy) is 3. The molecule has 0 saturated carbocycles. The van der Waals surface area contributed by atoms with Gasteiger partial charge in [-0.05, 0) is 26.7 Å². The van der Waals surface area contributed by atoms with Crippen LogP contribution in [0, 0.1) is 5.41 Å². The van der Waals surface area contributed by atoms with Crippen LogP contribution < -0.4 is 0 Å². The van der Waals surface area contributed by atoms with Crippen LogP contribution in [0.25, 0.3) is 0 Å². The van der Waals surface area contributed by atoms with E-state index in [0.717, 1.165) is 19.3 Å². The van der Waals surface area contributed by atoms with E-state index in [4.69, 9.17) is 18.8 Å². The molecule has 0 radical (unpaired) electrons. The zero-order valence-electron chi connectivity index (χ0n) is 18.6. The van der Waals surface area contributed by atoms with Crippen LogP contribution in [0.15, 0.2) is 24.3 Å². The van der Waals surface area contributed by atoms with Crippen LogP contribution in [0.3, 0.4) is 0 Å². The molecule has 0 unspecified atom stereocenters. The summed E-state index contributed by atoms with van der Waals surface area (Å²) in [5, 5.41) is 0. The average molecular weight is 471 g/mol. The van der Waals surface area contributed by atoms with Crippen molar-refractivity contribution in [3.63, 3.8) is 0 Å². The summed E-state index contributed by atoms with van der Waals surface area (Å²) in [5.41, 5.74) is -1.19. The first kappa shape index (κ1) is 32.6. The van der Waals surface area contributed by atoms with Crippen molar-refractivity contribution in [2.45, 2.75) is 59.3 Å². The van der Waals surface area contributed by atoms with Crippen LogP contribution in [0.5, 0.6) is 0 Å². The van der Waals surface area contributed by atoms with Gasteiger partial charge in [0.1, 0.15) is 18.6 Å². The molecule has 0 saturated heterocycles. The first-order valence-electron chi connectivity index (χ1n) is 10.1. The maximum atomic E-state index is 13.0. The van der Waals surface area contributed by atoms with Gasteiger partial charge in [-0.25, -0.2) is 9.59 Å². The molecule has 0 aliphatic carbocycles. The zero-order valence-corrected chi connectivity index (χ0v) is 19.4. The minimum atomic E-state index is -4.19. The standard InChI is InChI=1S/C21H34O9S.Li.H/c1-6-7-8-9-11-21(14-29-18(22)16(2)3,15-30-19(23)17(4)5)20(24)28-12-10-13-31(25,26)27;;/h2,4,6-15H2,1,3,5H3,(H,25,26,27);;. The molecule has 0 aromatic rings. The SMILES string of the molecule is C=C(C)C(=O)OCC(CCCCCC)(COC(=O)C(=C)C)C(=O)OCCCS(=O)(=O)O.[LiH]. The van der Waals surface area contributed by atoms with Crippen molar-refractivity contribution in [2.75, 3.05) is 25.6 Å². The number of carbonyl (C=O) groups is 3. The zero-order chi connectivity index (χ0) is 24.1. The molecular weight excluding hydrogens is 435 g/mol. The van der Waals surface area contributed by atoms with E-state index >= 15 is 0 Å². The first-order chi connectivity index (χ1) is 14.3. The fourth-order valence-electron chi connectivity index (χ4n) is 2.51. The molecule has 0 aliphatic rings. The molecule has 0 fully saturated rings. The Morgan fingerprint density at radius 1 is 0.875 bits per heavy atom. The van der Waals surface area contributed by atoms with E-state index in [9.17, 15) is 22.8 Å². The van der Waals surface area contributed by atoms with E-state index in [1.807, 2.05) is 6.92 Å². The molecule has 0 bridgehead atoms. The van der Waals surface area contributed by atoms with Gasteiger partial charge in [0, 0.05) is 11.1 Å². The van der Waals surface area contributed by atoms with Gasteiger partial charge in [-0.15, -0.1) is 0 Å². The van der Waals surface area contributed by atoms with Gasteiger partial charge in [-0.3, -0.25) is 9.35 Å². The van der Waals surface area contributed by atoms with Crippen molar-refractivity contribution in [2.24, 2.45) is 5.41 Å². The molecule has 11 heteroatoms. The maximum absolute atomic E-state index is 13.0. The van der Waals surface area contributed by atoms with Crippen LogP contribution in [-0.2, 0) is 38.7 Å². The summed E-state index contributed by atoms with van der Waals surface area (Å²) in [6.45, 7) is 10.9. The predicted octanol–water partition coefficient (Wildman–Crippen LogP) is 2.35. The van der Waals surface area contributed by atoms with Crippen molar-refractivity contribution >= 4 is 46.9 Å². The molecule has 0 aromatic carbocycles. The molecule has 32 heavy (non-hydrogen) atoms. The van der Waals surface area contributed by atoms with Gasteiger partial charge in [0.25, 0.3) is 10.1 Å². The number of carbonyl (C=O) groups excluding carboxylic acids is 3. The van der Waals surface area contributed by atoms with Crippen molar-refractivity contribution < 1.29 is 41.6 Å². The Morgan fingerprint density at radius 2 is 1.38 bits per heavy atom. The Morgan fingerprint density at radius 3 is 1.78 bits per heavy atom. The van der Waals surface area contributed by atoms with Gasteiger partial charge >= 0.3 is 36.8 Å². The average Bonchev–Trinajstić information content (AvgIpc) is 2.68. The summed E-state index contributed by atoms with van der Waals surface area (Å²) < 4.78 is 46.1. The fourth-order valence-corrected chi connectivity index (χ4v) is 2.99. The molecule has 0 atom stereocenters. The van der Waals surface area contributed by atoms with Gasteiger partial charge in [-0.1, -0.05) is 45.8 Å². The fraction of sp³-hybridized carbons (Fsp3) is 0.667. The Bertz CT molecular complexity index is 729. The molecule has 0 heterocycles. The van der Waals surface area contributed by atoms with Gasteiger partial charge in [0.15, 0.2) is 0 Å². The molecule has 1 N–H and O–H groups in total. The molecule has 0 aliphatic heterocycles. The molecular formula is C21H35LiO9S. The van der Waals surface area contributed by atoms with Gasteiger partial charge < -0.3 is 14.2 Å². The van der Waals surface area contributed by atoms with Gasteiger partial charge in [0.05, 0.1) is 12.4 Å². The van der Waals surface area contributed by atoms with Crippen molar-refractivity contribution in [1.82, 2.24) is 0 Å². The third-order valence-corrected chi connectivity index (χ3v) is 5.18. The Labute approximate surface area is 202 Å². The molecule has 0 spiro atoms. The summed E-state index contributed by atoms with van der Waals surface area (Å²) in [5.74, 6) is -2.77.